The van der Waals surface area contributed by atoms with Crippen molar-refractivity contribution in [1.82, 2.24) is 19.9 Å². The fraction of sp³-hybridized carbons (Fsp3) is 0.182. The molecule has 0 bridgehead atoms. The summed E-state index contributed by atoms with van der Waals surface area (Å²) in [5, 5.41) is 12.3. The van der Waals surface area contributed by atoms with Crippen molar-refractivity contribution in [2.24, 2.45) is 0 Å². The van der Waals surface area contributed by atoms with Crippen LogP contribution in [0.4, 0.5) is 5.69 Å². The number of nitrogens with zero attached hydrogens (tertiary/aromatic N) is 3. The number of carbonyl (C=O) groups excluding carboxylic acids is 2. The fourth-order valence-corrected chi connectivity index (χ4v) is 4.16. The van der Waals surface area contributed by atoms with E-state index in [0.717, 1.165) is 27.3 Å². The molecule has 2 N–H and O–H groups in total. The molecule has 0 spiro atoms. The van der Waals surface area contributed by atoms with Gasteiger partial charge in [-0.1, -0.05) is 41.9 Å². The first-order valence-corrected chi connectivity index (χ1v) is 10.9. The zero-order chi connectivity index (χ0) is 22.0. The largest absolute Gasteiger partial charge is 0.347 e. The molecule has 0 fully saturated rings. The molecule has 0 unspecified atom stereocenters. The molecule has 2 heterocycles. The van der Waals surface area contributed by atoms with Crippen molar-refractivity contribution in [2.45, 2.75) is 20.3 Å². The highest BCUT2D eigenvalue weighted by Gasteiger charge is 2.16. The number of hydrogen-bond donors (Lipinski definition) is 2. The van der Waals surface area contributed by atoms with Crippen LogP contribution in [-0.2, 0) is 16.0 Å². The number of amides is 2. The number of halogens is 1. The van der Waals surface area contributed by atoms with E-state index < -0.39 is 11.8 Å². The van der Waals surface area contributed by atoms with E-state index in [4.69, 9.17) is 11.6 Å². The first-order chi connectivity index (χ1) is 14.9. The maximum atomic E-state index is 12.2. The average Bonchev–Trinajstić information content (AvgIpc) is 3.32. The Bertz CT molecular complexity index is 1280. The zero-order valence-electron chi connectivity index (χ0n) is 17.0. The standard InChI is InChI=1S/C22H20ClN5O2S/c1-13-5-3-4-6-17(13)19-26-22-28(27-19)16(12-31-22)9-10-24-20(29)21(30)25-18-11-15(23)8-7-14(18)2/h3-8,11-12H,9-10H2,1-2H3,(H,24,29)(H,25,30). The van der Waals surface area contributed by atoms with Crippen molar-refractivity contribution in [3.8, 4) is 11.4 Å². The number of hydrogen-bond acceptors (Lipinski definition) is 5. The van der Waals surface area contributed by atoms with Crippen LogP contribution in [0, 0.1) is 13.8 Å². The molecule has 158 valence electrons. The lowest BCUT2D eigenvalue weighted by atomic mass is 10.1. The van der Waals surface area contributed by atoms with Gasteiger partial charge in [-0.25, -0.2) is 4.52 Å². The Morgan fingerprint density at radius 3 is 2.71 bits per heavy atom. The molecule has 0 atom stereocenters. The van der Waals surface area contributed by atoms with Gasteiger partial charge >= 0.3 is 11.8 Å². The number of aryl methyl sites for hydroxylation is 2. The van der Waals surface area contributed by atoms with Gasteiger partial charge in [0.2, 0.25) is 4.96 Å². The summed E-state index contributed by atoms with van der Waals surface area (Å²) in [6.45, 7) is 4.15. The number of rotatable bonds is 5. The molecule has 0 aliphatic carbocycles. The summed E-state index contributed by atoms with van der Waals surface area (Å²) >= 11 is 7.44. The minimum atomic E-state index is -0.733. The van der Waals surface area contributed by atoms with Gasteiger partial charge in [-0.3, -0.25) is 9.59 Å². The number of carbonyl (C=O) groups is 2. The summed E-state index contributed by atoms with van der Waals surface area (Å²) in [4.78, 5) is 29.7. The van der Waals surface area contributed by atoms with Gasteiger partial charge < -0.3 is 10.6 Å². The topological polar surface area (TPSA) is 88.4 Å². The van der Waals surface area contributed by atoms with E-state index in [2.05, 4.69) is 20.7 Å². The van der Waals surface area contributed by atoms with E-state index in [1.807, 2.05) is 43.5 Å². The second-order valence-electron chi connectivity index (χ2n) is 7.09. The summed E-state index contributed by atoms with van der Waals surface area (Å²) in [6.07, 6.45) is 0.520. The van der Waals surface area contributed by atoms with E-state index in [1.54, 1.807) is 22.7 Å². The Hall–Kier alpha value is -3.23. The number of aromatic nitrogens is 3. The molecule has 0 aliphatic heterocycles. The van der Waals surface area contributed by atoms with Gasteiger partial charge in [0.1, 0.15) is 0 Å². The van der Waals surface area contributed by atoms with Gasteiger partial charge in [0.25, 0.3) is 0 Å². The predicted molar refractivity (Wildman–Crippen MR) is 123 cm³/mol. The maximum absolute atomic E-state index is 12.2. The van der Waals surface area contributed by atoms with Crippen LogP contribution in [-0.4, -0.2) is 33.0 Å². The van der Waals surface area contributed by atoms with Crippen molar-refractivity contribution in [3.63, 3.8) is 0 Å². The minimum absolute atomic E-state index is 0.298. The van der Waals surface area contributed by atoms with E-state index >= 15 is 0 Å². The van der Waals surface area contributed by atoms with Crippen molar-refractivity contribution in [2.75, 3.05) is 11.9 Å². The van der Waals surface area contributed by atoms with Crippen LogP contribution in [0.2, 0.25) is 5.02 Å². The van der Waals surface area contributed by atoms with Gasteiger partial charge in [-0.2, -0.15) is 4.98 Å². The van der Waals surface area contributed by atoms with Crippen molar-refractivity contribution in [1.29, 1.82) is 0 Å². The molecule has 0 aliphatic rings. The lowest BCUT2D eigenvalue weighted by Crippen LogP contribution is -2.36. The highest BCUT2D eigenvalue weighted by atomic mass is 35.5. The van der Waals surface area contributed by atoms with Gasteiger partial charge in [0.15, 0.2) is 5.82 Å². The SMILES string of the molecule is Cc1ccc(Cl)cc1NC(=O)C(=O)NCCc1csc2nc(-c3ccccc3C)nn12. The first-order valence-electron chi connectivity index (χ1n) is 9.67. The van der Waals surface area contributed by atoms with E-state index in [9.17, 15) is 9.59 Å². The fourth-order valence-electron chi connectivity index (χ4n) is 3.13. The monoisotopic (exact) mass is 453 g/mol. The summed E-state index contributed by atoms with van der Waals surface area (Å²) in [6, 6.07) is 13.1. The second kappa shape index (κ2) is 8.87. The van der Waals surface area contributed by atoms with Crippen LogP contribution in [0.1, 0.15) is 16.8 Å². The molecule has 0 saturated carbocycles. The average molecular weight is 454 g/mol. The summed E-state index contributed by atoms with van der Waals surface area (Å²) in [5.41, 5.74) is 4.35. The Morgan fingerprint density at radius 2 is 1.90 bits per heavy atom. The number of fused-ring (bicyclic) bond motifs is 1. The molecule has 9 heteroatoms. The van der Waals surface area contributed by atoms with Crippen molar-refractivity contribution in [3.05, 3.63) is 69.7 Å². The lowest BCUT2D eigenvalue weighted by molar-refractivity contribution is -0.136. The highest BCUT2D eigenvalue weighted by Crippen LogP contribution is 2.23. The zero-order valence-corrected chi connectivity index (χ0v) is 18.5. The molecule has 7 nitrogen and oxygen atoms in total. The number of benzene rings is 2. The summed E-state index contributed by atoms with van der Waals surface area (Å²) in [7, 11) is 0. The second-order valence-corrected chi connectivity index (χ2v) is 8.36. The van der Waals surface area contributed by atoms with Crippen LogP contribution >= 0.6 is 22.9 Å². The third-order valence-corrected chi connectivity index (χ3v) is 5.96. The number of anilines is 1. The molecular formula is C22H20ClN5O2S. The van der Waals surface area contributed by atoms with Gasteiger partial charge in [0, 0.05) is 34.6 Å². The third kappa shape index (κ3) is 4.60. The van der Waals surface area contributed by atoms with Crippen LogP contribution in [0.15, 0.2) is 47.8 Å². The van der Waals surface area contributed by atoms with E-state index in [1.165, 1.54) is 11.3 Å². The number of nitrogens with one attached hydrogen (secondary N) is 2. The van der Waals surface area contributed by atoms with E-state index in [0.29, 0.717) is 29.5 Å². The normalized spacial score (nSPS) is 10.9. The number of thiazole rings is 1. The quantitative estimate of drug-likeness (QED) is 0.446. The van der Waals surface area contributed by atoms with E-state index in [-0.39, 0.29) is 0 Å². The van der Waals surface area contributed by atoms with Gasteiger partial charge in [0.05, 0.1) is 5.69 Å². The van der Waals surface area contributed by atoms with Crippen LogP contribution < -0.4 is 10.6 Å². The maximum Gasteiger partial charge on any atom is 0.313 e. The lowest BCUT2D eigenvalue weighted by Gasteiger charge is -2.09. The Morgan fingerprint density at radius 1 is 1.10 bits per heavy atom. The van der Waals surface area contributed by atoms with Crippen LogP contribution in [0.3, 0.4) is 0 Å². The van der Waals surface area contributed by atoms with Crippen LogP contribution in [0.5, 0.6) is 0 Å². The Balaban J connectivity index is 1.38. The third-order valence-electron chi connectivity index (χ3n) is 4.86. The minimum Gasteiger partial charge on any atom is -0.347 e. The Labute approximate surface area is 188 Å². The molecule has 2 aromatic heterocycles. The van der Waals surface area contributed by atoms with Crippen molar-refractivity contribution >= 4 is 45.4 Å². The van der Waals surface area contributed by atoms with Gasteiger partial charge in [-0.05, 0) is 37.1 Å². The smallest absolute Gasteiger partial charge is 0.313 e. The summed E-state index contributed by atoms with van der Waals surface area (Å²) < 4.78 is 1.79. The van der Waals surface area contributed by atoms with Crippen molar-refractivity contribution < 1.29 is 9.59 Å². The Kier molecular flexibility index (Phi) is 6.01. The first kappa shape index (κ1) is 21.0. The highest BCUT2D eigenvalue weighted by molar-refractivity contribution is 7.15. The molecular weight excluding hydrogens is 434 g/mol. The molecule has 2 amide bonds. The molecule has 0 radical (unpaired) electrons. The molecule has 2 aromatic carbocycles. The van der Waals surface area contributed by atoms with Crippen LogP contribution in [0.25, 0.3) is 16.3 Å². The molecule has 0 saturated heterocycles. The molecule has 31 heavy (non-hydrogen) atoms. The molecule has 4 rings (SSSR count). The molecule has 4 aromatic rings. The predicted octanol–water partition coefficient (Wildman–Crippen LogP) is 4.03. The summed E-state index contributed by atoms with van der Waals surface area (Å²) in [5.74, 6) is -0.764. The van der Waals surface area contributed by atoms with Gasteiger partial charge in [-0.15, -0.1) is 16.4 Å².